The fraction of sp³-hybridized carbons (Fsp3) is 0.261. The van der Waals surface area contributed by atoms with Crippen LogP contribution in [0, 0.1) is 13.8 Å². The standard InChI is InChI=1S/C23H25N2S.HI/c1-5-24-19(12-11-18-9-7-8-10-20(18)24)15-23-25(6-2)21-13-16(3)17(4)14-22(21)26-23;/h7-15H,5-6H2,1-4H3;1H/q+1;/p-1. The summed E-state index contributed by atoms with van der Waals surface area (Å²) in [6.45, 7) is 10.8. The zero-order valence-electron chi connectivity index (χ0n) is 16.3. The fourth-order valence-electron chi connectivity index (χ4n) is 3.67. The Hall–Kier alpha value is -1.53. The number of hydrogen-bond donors (Lipinski definition) is 0. The summed E-state index contributed by atoms with van der Waals surface area (Å²) in [6, 6.07) is 17.7. The Bertz CT molecular complexity index is 1030. The molecule has 0 atom stereocenters. The summed E-state index contributed by atoms with van der Waals surface area (Å²) in [5.74, 6) is 0. The molecule has 0 spiro atoms. The normalized spacial score (nSPS) is 14.5. The fourth-order valence-corrected chi connectivity index (χ4v) is 4.92. The van der Waals surface area contributed by atoms with Crippen LogP contribution in [0.1, 0.15) is 30.7 Å². The van der Waals surface area contributed by atoms with Crippen LogP contribution in [0.25, 0.3) is 17.0 Å². The molecule has 0 fully saturated rings. The first-order valence-electron chi connectivity index (χ1n) is 9.32. The Morgan fingerprint density at radius 1 is 1.00 bits per heavy atom. The molecular weight excluding hydrogens is 463 g/mol. The molecule has 0 saturated carbocycles. The van der Waals surface area contributed by atoms with Gasteiger partial charge in [-0.05, 0) is 63.1 Å². The van der Waals surface area contributed by atoms with Crippen LogP contribution in [-0.2, 0) is 6.54 Å². The third kappa shape index (κ3) is 3.61. The molecule has 1 aliphatic heterocycles. The molecule has 1 aliphatic rings. The molecule has 0 saturated heterocycles. The van der Waals surface area contributed by atoms with Crippen molar-refractivity contribution in [3.05, 3.63) is 70.4 Å². The van der Waals surface area contributed by atoms with Crippen LogP contribution in [0.5, 0.6) is 0 Å². The van der Waals surface area contributed by atoms with E-state index in [0.29, 0.717) is 0 Å². The summed E-state index contributed by atoms with van der Waals surface area (Å²) in [5, 5.41) is 2.60. The highest BCUT2D eigenvalue weighted by molar-refractivity contribution is 8.03. The summed E-state index contributed by atoms with van der Waals surface area (Å²) >= 11 is 1.88. The van der Waals surface area contributed by atoms with Gasteiger partial charge in [0.1, 0.15) is 6.54 Å². The van der Waals surface area contributed by atoms with Gasteiger partial charge in [0.05, 0.1) is 10.7 Å². The maximum absolute atomic E-state index is 2.43. The number of nitrogens with zero attached hydrogens (tertiary/aromatic N) is 2. The van der Waals surface area contributed by atoms with Crippen LogP contribution >= 0.6 is 11.8 Å². The average molecular weight is 488 g/mol. The number of aromatic nitrogens is 1. The van der Waals surface area contributed by atoms with E-state index in [9.17, 15) is 0 Å². The summed E-state index contributed by atoms with van der Waals surface area (Å²) in [6.07, 6.45) is 2.34. The molecule has 140 valence electrons. The number of rotatable bonds is 3. The lowest BCUT2D eigenvalue weighted by molar-refractivity contribution is -0.669. The lowest BCUT2D eigenvalue weighted by Crippen LogP contribution is -3.00. The van der Waals surface area contributed by atoms with E-state index in [1.807, 2.05) is 11.8 Å². The molecule has 2 nitrogen and oxygen atoms in total. The Labute approximate surface area is 183 Å². The molecule has 4 rings (SSSR count). The monoisotopic (exact) mass is 488 g/mol. The van der Waals surface area contributed by atoms with Crippen LogP contribution in [0.3, 0.4) is 0 Å². The van der Waals surface area contributed by atoms with Crippen molar-refractivity contribution in [3.63, 3.8) is 0 Å². The molecule has 0 aliphatic carbocycles. The van der Waals surface area contributed by atoms with Gasteiger partial charge in [-0.3, -0.25) is 0 Å². The van der Waals surface area contributed by atoms with E-state index in [1.165, 1.54) is 43.3 Å². The van der Waals surface area contributed by atoms with E-state index < -0.39 is 0 Å². The smallest absolute Gasteiger partial charge is 0.212 e. The summed E-state index contributed by atoms with van der Waals surface area (Å²) in [4.78, 5) is 3.80. The van der Waals surface area contributed by atoms with Crippen LogP contribution in [0.2, 0.25) is 0 Å². The lowest BCUT2D eigenvalue weighted by Gasteiger charge is -2.18. The van der Waals surface area contributed by atoms with E-state index in [2.05, 4.69) is 91.8 Å². The zero-order valence-corrected chi connectivity index (χ0v) is 19.3. The second kappa shape index (κ2) is 8.23. The van der Waals surface area contributed by atoms with Gasteiger partial charge in [0.15, 0.2) is 0 Å². The number of benzene rings is 2. The van der Waals surface area contributed by atoms with Crippen molar-refractivity contribution in [1.82, 2.24) is 0 Å². The predicted molar refractivity (Wildman–Crippen MR) is 113 cm³/mol. The number of fused-ring (bicyclic) bond motifs is 2. The second-order valence-electron chi connectivity index (χ2n) is 6.79. The highest BCUT2D eigenvalue weighted by atomic mass is 127. The molecule has 0 bridgehead atoms. The van der Waals surface area contributed by atoms with Gasteiger partial charge in [-0.15, -0.1) is 0 Å². The maximum atomic E-state index is 2.43. The van der Waals surface area contributed by atoms with E-state index >= 15 is 0 Å². The van der Waals surface area contributed by atoms with E-state index in [1.54, 1.807) is 0 Å². The number of halogens is 1. The van der Waals surface area contributed by atoms with Crippen molar-refractivity contribution in [2.24, 2.45) is 0 Å². The highest BCUT2D eigenvalue weighted by Gasteiger charge is 2.26. The van der Waals surface area contributed by atoms with Crippen molar-refractivity contribution in [3.8, 4) is 0 Å². The van der Waals surface area contributed by atoms with Crippen molar-refractivity contribution in [1.29, 1.82) is 0 Å². The molecular formula is C23H25IN2S. The highest BCUT2D eigenvalue weighted by Crippen LogP contribution is 2.47. The zero-order chi connectivity index (χ0) is 18.3. The maximum Gasteiger partial charge on any atom is 0.212 e. The van der Waals surface area contributed by atoms with Crippen LogP contribution in [-0.4, -0.2) is 6.54 Å². The Morgan fingerprint density at radius 3 is 2.48 bits per heavy atom. The first kappa shape index (κ1) is 20.2. The Morgan fingerprint density at radius 2 is 1.74 bits per heavy atom. The SMILES string of the molecule is CCN1C(=Cc2ccc3ccccc3[n+]2CC)Sc2cc(C)c(C)cc21.[I-]. The van der Waals surface area contributed by atoms with Crippen molar-refractivity contribution >= 4 is 34.4 Å². The molecule has 0 radical (unpaired) electrons. The number of pyridine rings is 1. The molecule has 2 heterocycles. The van der Waals surface area contributed by atoms with Gasteiger partial charge in [-0.25, -0.2) is 0 Å². The van der Waals surface area contributed by atoms with Gasteiger partial charge in [0, 0.05) is 35.0 Å². The van der Waals surface area contributed by atoms with E-state index in [0.717, 1.165) is 13.1 Å². The van der Waals surface area contributed by atoms with Crippen molar-refractivity contribution in [2.45, 2.75) is 39.1 Å². The average Bonchev–Trinajstić information content (AvgIpc) is 2.97. The Balaban J connectivity index is 0.00000210. The van der Waals surface area contributed by atoms with Crippen LogP contribution in [0.4, 0.5) is 5.69 Å². The minimum absolute atomic E-state index is 0. The van der Waals surface area contributed by atoms with Gasteiger partial charge in [-0.1, -0.05) is 23.9 Å². The number of aryl methyl sites for hydroxylation is 3. The van der Waals surface area contributed by atoms with Crippen molar-refractivity contribution in [2.75, 3.05) is 11.4 Å². The van der Waals surface area contributed by atoms with E-state index in [-0.39, 0.29) is 24.0 Å². The lowest BCUT2D eigenvalue weighted by atomic mass is 10.1. The van der Waals surface area contributed by atoms with Crippen LogP contribution in [0.15, 0.2) is 58.5 Å². The minimum Gasteiger partial charge on any atom is -1.00 e. The molecule has 27 heavy (non-hydrogen) atoms. The first-order chi connectivity index (χ1) is 12.6. The van der Waals surface area contributed by atoms with Gasteiger partial charge in [0.2, 0.25) is 11.2 Å². The third-order valence-electron chi connectivity index (χ3n) is 5.22. The Kier molecular flexibility index (Phi) is 6.16. The number of anilines is 1. The van der Waals surface area contributed by atoms with Crippen LogP contribution < -0.4 is 33.4 Å². The van der Waals surface area contributed by atoms with Gasteiger partial charge >= 0.3 is 0 Å². The topological polar surface area (TPSA) is 7.12 Å². The largest absolute Gasteiger partial charge is 1.00 e. The second-order valence-corrected chi connectivity index (χ2v) is 7.86. The third-order valence-corrected chi connectivity index (χ3v) is 6.32. The van der Waals surface area contributed by atoms with Gasteiger partial charge in [0.25, 0.3) is 0 Å². The quantitative estimate of drug-likeness (QED) is 0.414. The van der Waals surface area contributed by atoms with Gasteiger partial charge < -0.3 is 28.9 Å². The van der Waals surface area contributed by atoms with Crippen molar-refractivity contribution < 1.29 is 28.5 Å². The molecule has 2 aromatic carbocycles. The number of para-hydroxylation sites is 1. The molecule has 3 aromatic rings. The molecule has 0 amide bonds. The number of hydrogen-bond acceptors (Lipinski definition) is 2. The minimum atomic E-state index is 0. The molecule has 1 aromatic heterocycles. The summed E-state index contributed by atoms with van der Waals surface area (Å²) in [7, 11) is 0. The van der Waals surface area contributed by atoms with Gasteiger partial charge in [-0.2, -0.15) is 4.57 Å². The predicted octanol–water partition coefficient (Wildman–Crippen LogP) is 2.70. The summed E-state index contributed by atoms with van der Waals surface area (Å²) < 4.78 is 2.40. The molecule has 0 unspecified atom stereocenters. The molecule has 4 heteroatoms. The molecule has 0 N–H and O–H groups in total. The summed E-state index contributed by atoms with van der Waals surface area (Å²) in [5.41, 5.74) is 6.62. The number of thioether (sulfide) groups is 1. The van der Waals surface area contributed by atoms with E-state index in [4.69, 9.17) is 0 Å². The first-order valence-corrected chi connectivity index (χ1v) is 10.1.